The van der Waals surface area contributed by atoms with Crippen LogP contribution >= 0.6 is 0 Å². The van der Waals surface area contributed by atoms with Crippen LogP contribution in [0.4, 0.5) is 0 Å². The van der Waals surface area contributed by atoms with Crippen molar-refractivity contribution >= 4 is 0 Å². The van der Waals surface area contributed by atoms with Crippen molar-refractivity contribution in [2.45, 2.75) is 25.4 Å². The van der Waals surface area contributed by atoms with Crippen LogP contribution < -0.4 is 5.73 Å². The molecule has 1 aliphatic heterocycles. The van der Waals surface area contributed by atoms with Crippen molar-refractivity contribution in [2.75, 3.05) is 13.2 Å². The van der Waals surface area contributed by atoms with Crippen molar-refractivity contribution in [3.05, 3.63) is 11.8 Å². The Bertz CT molecular complexity index is 145. The van der Waals surface area contributed by atoms with Crippen molar-refractivity contribution in [3.63, 3.8) is 0 Å². The molecule has 1 aliphatic rings. The summed E-state index contributed by atoms with van der Waals surface area (Å²) in [6.45, 7) is 1.14. The molecule has 0 aliphatic carbocycles. The molecule has 0 aromatic carbocycles. The molecular formula is C8H15NO2. The van der Waals surface area contributed by atoms with Crippen molar-refractivity contribution in [1.29, 1.82) is 0 Å². The molecule has 0 aromatic heterocycles. The van der Waals surface area contributed by atoms with E-state index in [1.807, 2.05) is 0 Å². The van der Waals surface area contributed by atoms with E-state index in [-0.39, 0.29) is 0 Å². The minimum absolute atomic E-state index is 0.331. The lowest BCUT2D eigenvalue weighted by Gasteiger charge is -2.15. The first-order valence-electron chi connectivity index (χ1n) is 4.00. The van der Waals surface area contributed by atoms with Crippen LogP contribution in [0.1, 0.15) is 19.3 Å². The van der Waals surface area contributed by atoms with Gasteiger partial charge in [-0.15, -0.1) is 0 Å². The Balaban J connectivity index is 2.29. The summed E-state index contributed by atoms with van der Waals surface area (Å²) in [5.41, 5.74) is 6.45. The van der Waals surface area contributed by atoms with Crippen LogP contribution in [0.3, 0.4) is 0 Å². The molecule has 1 rings (SSSR count). The Labute approximate surface area is 66.8 Å². The second kappa shape index (κ2) is 4.36. The highest BCUT2D eigenvalue weighted by molar-refractivity contribution is 5.01. The number of aliphatic hydroxyl groups is 1. The van der Waals surface area contributed by atoms with Crippen LogP contribution in [-0.2, 0) is 4.74 Å². The van der Waals surface area contributed by atoms with Crippen molar-refractivity contribution in [1.82, 2.24) is 0 Å². The first kappa shape index (κ1) is 8.56. The van der Waals surface area contributed by atoms with Gasteiger partial charge >= 0.3 is 0 Å². The molecular weight excluding hydrogens is 142 g/mol. The fourth-order valence-corrected chi connectivity index (χ4v) is 1.15. The molecule has 0 bridgehead atoms. The topological polar surface area (TPSA) is 55.5 Å². The van der Waals surface area contributed by atoms with E-state index in [9.17, 15) is 5.11 Å². The number of hydrogen-bond acceptors (Lipinski definition) is 3. The monoisotopic (exact) mass is 157 g/mol. The van der Waals surface area contributed by atoms with E-state index in [0.717, 1.165) is 19.4 Å². The van der Waals surface area contributed by atoms with Crippen LogP contribution in [0.15, 0.2) is 11.8 Å². The normalized spacial score (nSPS) is 20.4. The van der Waals surface area contributed by atoms with Gasteiger partial charge in [0.25, 0.3) is 0 Å². The van der Waals surface area contributed by atoms with E-state index in [1.165, 1.54) is 5.57 Å². The Morgan fingerprint density at radius 1 is 1.73 bits per heavy atom. The third-order valence-electron chi connectivity index (χ3n) is 1.78. The molecule has 1 unspecified atom stereocenters. The average Bonchev–Trinajstić information content (AvgIpc) is 2.06. The van der Waals surface area contributed by atoms with Gasteiger partial charge in [-0.2, -0.15) is 0 Å². The molecule has 0 fully saturated rings. The van der Waals surface area contributed by atoms with Gasteiger partial charge in [0.1, 0.15) is 0 Å². The Kier molecular flexibility index (Phi) is 3.39. The molecule has 0 amide bonds. The summed E-state index contributed by atoms with van der Waals surface area (Å²) in [6, 6.07) is 0. The SMILES string of the molecule is NCC(O)CC1=COCCC1. The van der Waals surface area contributed by atoms with Gasteiger partial charge in [0, 0.05) is 6.54 Å². The highest BCUT2D eigenvalue weighted by atomic mass is 16.5. The number of nitrogens with two attached hydrogens (primary N) is 1. The molecule has 3 heteroatoms. The zero-order valence-corrected chi connectivity index (χ0v) is 6.62. The molecule has 0 aromatic rings. The number of aliphatic hydroxyl groups excluding tert-OH is 1. The highest BCUT2D eigenvalue weighted by Gasteiger charge is 2.08. The lowest BCUT2D eigenvalue weighted by Crippen LogP contribution is -2.20. The Morgan fingerprint density at radius 2 is 2.55 bits per heavy atom. The summed E-state index contributed by atoms with van der Waals surface area (Å²) in [7, 11) is 0. The van der Waals surface area contributed by atoms with Crippen LogP contribution in [0, 0.1) is 0 Å². The second-order valence-corrected chi connectivity index (χ2v) is 2.84. The zero-order chi connectivity index (χ0) is 8.10. The first-order valence-corrected chi connectivity index (χ1v) is 4.00. The van der Waals surface area contributed by atoms with Crippen molar-refractivity contribution in [3.8, 4) is 0 Å². The fraction of sp³-hybridized carbons (Fsp3) is 0.750. The van der Waals surface area contributed by atoms with Gasteiger partial charge in [-0.05, 0) is 24.8 Å². The second-order valence-electron chi connectivity index (χ2n) is 2.84. The zero-order valence-electron chi connectivity index (χ0n) is 6.62. The predicted molar refractivity (Wildman–Crippen MR) is 42.9 cm³/mol. The maximum atomic E-state index is 9.19. The van der Waals surface area contributed by atoms with Crippen LogP contribution in [-0.4, -0.2) is 24.4 Å². The largest absolute Gasteiger partial charge is 0.501 e. The summed E-state index contributed by atoms with van der Waals surface area (Å²) in [5.74, 6) is 0. The molecule has 3 N–H and O–H groups in total. The summed E-state index contributed by atoms with van der Waals surface area (Å²) in [5, 5.41) is 9.19. The summed E-state index contributed by atoms with van der Waals surface area (Å²) in [6.07, 6.45) is 4.11. The number of hydrogen-bond donors (Lipinski definition) is 2. The van der Waals surface area contributed by atoms with Gasteiger partial charge in [-0.25, -0.2) is 0 Å². The maximum Gasteiger partial charge on any atom is 0.0876 e. The third-order valence-corrected chi connectivity index (χ3v) is 1.78. The minimum Gasteiger partial charge on any atom is -0.501 e. The number of rotatable bonds is 3. The molecule has 0 spiro atoms. The summed E-state index contributed by atoms with van der Waals surface area (Å²) >= 11 is 0. The van der Waals surface area contributed by atoms with Gasteiger partial charge in [-0.3, -0.25) is 0 Å². The van der Waals surface area contributed by atoms with Crippen molar-refractivity contribution < 1.29 is 9.84 Å². The fourth-order valence-electron chi connectivity index (χ4n) is 1.15. The molecule has 0 radical (unpaired) electrons. The Morgan fingerprint density at radius 3 is 3.09 bits per heavy atom. The minimum atomic E-state index is -0.400. The molecule has 3 nitrogen and oxygen atoms in total. The maximum absolute atomic E-state index is 9.19. The molecule has 0 saturated carbocycles. The Hall–Kier alpha value is -0.540. The first-order chi connectivity index (χ1) is 5.33. The molecule has 11 heavy (non-hydrogen) atoms. The summed E-state index contributed by atoms with van der Waals surface area (Å²) < 4.78 is 5.11. The van der Waals surface area contributed by atoms with Gasteiger partial charge in [0.2, 0.25) is 0 Å². The van der Waals surface area contributed by atoms with E-state index in [1.54, 1.807) is 6.26 Å². The van der Waals surface area contributed by atoms with Gasteiger partial charge < -0.3 is 15.6 Å². The molecule has 1 heterocycles. The van der Waals surface area contributed by atoms with E-state index in [2.05, 4.69) is 0 Å². The smallest absolute Gasteiger partial charge is 0.0876 e. The van der Waals surface area contributed by atoms with Crippen LogP contribution in [0.25, 0.3) is 0 Å². The van der Waals surface area contributed by atoms with Gasteiger partial charge in [-0.1, -0.05) is 0 Å². The van der Waals surface area contributed by atoms with Gasteiger partial charge in [0.05, 0.1) is 19.0 Å². The number of ether oxygens (including phenoxy) is 1. The lowest BCUT2D eigenvalue weighted by molar-refractivity contribution is 0.170. The third kappa shape index (κ3) is 2.91. The van der Waals surface area contributed by atoms with Crippen LogP contribution in [0.5, 0.6) is 0 Å². The molecule has 64 valence electrons. The van der Waals surface area contributed by atoms with E-state index in [0.29, 0.717) is 13.0 Å². The highest BCUT2D eigenvalue weighted by Crippen LogP contribution is 2.16. The predicted octanol–water partition coefficient (Wildman–Crippen LogP) is 0.390. The van der Waals surface area contributed by atoms with Crippen molar-refractivity contribution in [2.24, 2.45) is 5.73 Å². The average molecular weight is 157 g/mol. The van der Waals surface area contributed by atoms with E-state index >= 15 is 0 Å². The summed E-state index contributed by atoms with van der Waals surface area (Å²) in [4.78, 5) is 0. The molecule has 1 atom stereocenters. The lowest BCUT2D eigenvalue weighted by atomic mass is 10.0. The van der Waals surface area contributed by atoms with E-state index in [4.69, 9.17) is 10.5 Å². The van der Waals surface area contributed by atoms with Crippen LogP contribution in [0.2, 0.25) is 0 Å². The standard InChI is InChI=1S/C8H15NO2/c9-5-8(10)4-7-2-1-3-11-6-7/h6,8,10H,1-5,9H2. The van der Waals surface area contributed by atoms with E-state index < -0.39 is 6.10 Å². The molecule has 0 saturated heterocycles. The van der Waals surface area contributed by atoms with Gasteiger partial charge in [0.15, 0.2) is 0 Å². The quantitative estimate of drug-likeness (QED) is 0.623.